The highest BCUT2D eigenvalue weighted by atomic mass is 32.2. The molecule has 0 aliphatic carbocycles. The number of hydrogen-bond acceptors (Lipinski definition) is 4. The molecule has 1 amide bonds. The topological polar surface area (TPSA) is 75.7 Å². The van der Waals surface area contributed by atoms with Crippen molar-refractivity contribution in [2.24, 2.45) is 5.41 Å². The van der Waals surface area contributed by atoms with Gasteiger partial charge in [-0.05, 0) is 24.1 Å². The molecule has 0 aliphatic heterocycles. The molecule has 1 aromatic carbocycles. The van der Waals surface area contributed by atoms with E-state index in [0.29, 0.717) is 19.5 Å². The molecule has 0 fully saturated rings. The predicted molar refractivity (Wildman–Crippen MR) is 95.6 cm³/mol. The van der Waals surface area contributed by atoms with E-state index < -0.39 is 15.4 Å². The van der Waals surface area contributed by atoms with Crippen LogP contribution in [-0.2, 0) is 21.2 Å². The van der Waals surface area contributed by atoms with E-state index in [-0.39, 0.29) is 12.5 Å². The monoisotopic (exact) mass is 356 g/mol. The quantitative estimate of drug-likeness (QED) is 0.769. The van der Waals surface area contributed by atoms with Crippen molar-refractivity contribution in [1.29, 1.82) is 0 Å². The van der Waals surface area contributed by atoms with Gasteiger partial charge in [-0.25, -0.2) is 12.7 Å². The van der Waals surface area contributed by atoms with Crippen molar-refractivity contribution >= 4 is 15.9 Å². The average molecular weight is 356 g/mol. The minimum Gasteiger partial charge on any atom is -0.497 e. The summed E-state index contributed by atoms with van der Waals surface area (Å²) in [6, 6.07) is 7.54. The third-order valence-corrected chi connectivity index (χ3v) is 4.91. The molecule has 7 heteroatoms. The first-order valence-electron chi connectivity index (χ1n) is 7.90. The van der Waals surface area contributed by atoms with Gasteiger partial charge in [0.15, 0.2) is 0 Å². The standard InChI is InChI=1S/C17H28N2O4S/c1-17(2,3)16(20)18-11-13-19(24(5,21)22)12-10-14-6-8-15(23-4)9-7-14/h6-9H,10-13H2,1-5H3,(H,18,20). The van der Waals surface area contributed by atoms with E-state index in [4.69, 9.17) is 4.74 Å². The van der Waals surface area contributed by atoms with Crippen molar-refractivity contribution < 1.29 is 17.9 Å². The molecular weight excluding hydrogens is 328 g/mol. The Morgan fingerprint density at radius 3 is 2.21 bits per heavy atom. The van der Waals surface area contributed by atoms with Crippen molar-refractivity contribution in [2.75, 3.05) is 33.0 Å². The third kappa shape index (κ3) is 6.88. The Labute approximate surface area is 145 Å². The van der Waals surface area contributed by atoms with Gasteiger partial charge in [0, 0.05) is 25.0 Å². The maximum Gasteiger partial charge on any atom is 0.225 e. The molecule has 0 saturated carbocycles. The lowest BCUT2D eigenvalue weighted by Gasteiger charge is -2.22. The highest BCUT2D eigenvalue weighted by Crippen LogP contribution is 2.13. The third-order valence-electron chi connectivity index (χ3n) is 3.61. The normalized spacial score (nSPS) is 12.2. The number of ether oxygens (including phenoxy) is 1. The number of hydrogen-bond donors (Lipinski definition) is 1. The number of sulfonamides is 1. The minimum absolute atomic E-state index is 0.0916. The number of nitrogens with one attached hydrogen (secondary N) is 1. The molecule has 0 unspecified atom stereocenters. The Morgan fingerprint density at radius 2 is 1.75 bits per heavy atom. The van der Waals surface area contributed by atoms with E-state index in [1.165, 1.54) is 10.6 Å². The Balaban J connectivity index is 2.58. The van der Waals surface area contributed by atoms with Crippen molar-refractivity contribution in [2.45, 2.75) is 27.2 Å². The van der Waals surface area contributed by atoms with Crippen LogP contribution in [0.2, 0.25) is 0 Å². The molecule has 0 spiro atoms. The minimum atomic E-state index is -3.32. The molecule has 1 aromatic rings. The molecule has 0 bridgehead atoms. The molecule has 0 atom stereocenters. The molecule has 0 aliphatic rings. The molecule has 0 radical (unpaired) electrons. The second-order valence-corrected chi connectivity index (χ2v) is 8.75. The van der Waals surface area contributed by atoms with Crippen LogP contribution in [0.4, 0.5) is 0 Å². The van der Waals surface area contributed by atoms with Gasteiger partial charge in [-0.15, -0.1) is 0 Å². The number of benzene rings is 1. The van der Waals surface area contributed by atoms with Gasteiger partial charge in [-0.1, -0.05) is 32.9 Å². The fraction of sp³-hybridized carbons (Fsp3) is 0.588. The van der Waals surface area contributed by atoms with Crippen LogP contribution >= 0.6 is 0 Å². The van der Waals surface area contributed by atoms with E-state index in [0.717, 1.165) is 11.3 Å². The summed E-state index contributed by atoms with van der Waals surface area (Å²) in [4.78, 5) is 11.8. The van der Waals surface area contributed by atoms with Gasteiger partial charge in [-0.3, -0.25) is 4.79 Å². The molecule has 6 nitrogen and oxygen atoms in total. The van der Waals surface area contributed by atoms with Gasteiger partial charge in [0.05, 0.1) is 13.4 Å². The molecular formula is C17H28N2O4S. The molecule has 1 rings (SSSR count). The number of carbonyl (C=O) groups is 1. The highest BCUT2D eigenvalue weighted by molar-refractivity contribution is 7.88. The van der Waals surface area contributed by atoms with Gasteiger partial charge < -0.3 is 10.1 Å². The number of amides is 1. The average Bonchev–Trinajstić information content (AvgIpc) is 2.48. The SMILES string of the molecule is COc1ccc(CCN(CCNC(=O)C(C)(C)C)S(C)(=O)=O)cc1. The number of methoxy groups -OCH3 is 1. The molecule has 1 N–H and O–H groups in total. The predicted octanol–water partition coefficient (Wildman–Crippen LogP) is 1.66. The number of rotatable bonds is 8. The number of nitrogens with zero attached hydrogens (tertiary/aromatic N) is 1. The van der Waals surface area contributed by atoms with Crippen molar-refractivity contribution in [1.82, 2.24) is 9.62 Å². The lowest BCUT2D eigenvalue weighted by Crippen LogP contribution is -2.42. The van der Waals surface area contributed by atoms with Crippen molar-refractivity contribution in [3.05, 3.63) is 29.8 Å². The second-order valence-electron chi connectivity index (χ2n) is 6.77. The first-order valence-corrected chi connectivity index (χ1v) is 9.75. The largest absolute Gasteiger partial charge is 0.497 e. The zero-order valence-corrected chi connectivity index (χ0v) is 15.9. The van der Waals surface area contributed by atoms with Gasteiger partial charge >= 0.3 is 0 Å². The van der Waals surface area contributed by atoms with Gasteiger partial charge in [0.25, 0.3) is 0 Å². The lowest BCUT2D eigenvalue weighted by molar-refractivity contribution is -0.128. The highest BCUT2D eigenvalue weighted by Gasteiger charge is 2.22. The van der Waals surface area contributed by atoms with Crippen LogP contribution in [0, 0.1) is 5.41 Å². The van der Waals surface area contributed by atoms with Crippen molar-refractivity contribution in [3.8, 4) is 5.75 Å². The van der Waals surface area contributed by atoms with Crippen LogP contribution in [0.15, 0.2) is 24.3 Å². The smallest absolute Gasteiger partial charge is 0.225 e. The van der Waals surface area contributed by atoms with E-state index in [9.17, 15) is 13.2 Å². The van der Waals surface area contributed by atoms with Crippen molar-refractivity contribution in [3.63, 3.8) is 0 Å². The summed E-state index contributed by atoms with van der Waals surface area (Å²) in [6.45, 7) is 6.39. The summed E-state index contributed by atoms with van der Waals surface area (Å²) < 4.78 is 30.3. The molecule has 24 heavy (non-hydrogen) atoms. The Morgan fingerprint density at radius 1 is 1.17 bits per heavy atom. The maximum atomic E-state index is 11.9. The first-order chi connectivity index (χ1) is 11.0. The van der Waals surface area contributed by atoms with Crippen LogP contribution < -0.4 is 10.1 Å². The van der Waals surface area contributed by atoms with Crippen LogP contribution in [0.25, 0.3) is 0 Å². The first kappa shape index (κ1) is 20.4. The summed E-state index contributed by atoms with van der Waals surface area (Å²) in [5.74, 6) is 0.676. The summed E-state index contributed by atoms with van der Waals surface area (Å²) in [5.41, 5.74) is 0.544. The van der Waals surface area contributed by atoms with E-state index in [2.05, 4.69) is 5.32 Å². The van der Waals surface area contributed by atoms with Gasteiger partial charge in [0.1, 0.15) is 5.75 Å². The Kier molecular flexibility index (Phi) is 7.23. The summed E-state index contributed by atoms with van der Waals surface area (Å²) in [7, 11) is -1.72. The summed E-state index contributed by atoms with van der Waals surface area (Å²) in [5, 5.41) is 2.78. The lowest BCUT2D eigenvalue weighted by atomic mass is 9.96. The summed E-state index contributed by atoms with van der Waals surface area (Å²) in [6.07, 6.45) is 1.79. The van der Waals surface area contributed by atoms with Gasteiger partial charge in [-0.2, -0.15) is 0 Å². The van der Waals surface area contributed by atoms with Crippen LogP contribution in [0.5, 0.6) is 5.75 Å². The molecule has 136 valence electrons. The fourth-order valence-electron chi connectivity index (χ4n) is 2.05. The molecule has 0 heterocycles. The fourth-order valence-corrected chi connectivity index (χ4v) is 2.89. The van der Waals surface area contributed by atoms with Crippen LogP contribution in [0.3, 0.4) is 0 Å². The second kappa shape index (κ2) is 8.48. The van der Waals surface area contributed by atoms with Crippen LogP contribution in [0.1, 0.15) is 26.3 Å². The zero-order valence-electron chi connectivity index (χ0n) is 15.1. The Hall–Kier alpha value is -1.60. The molecule has 0 saturated heterocycles. The molecule has 0 aromatic heterocycles. The van der Waals surface area contributed by atoms with E-state index in [1.54, 1.807) is 7.11 Å². The summed E-state index contributed by atoms with van der Waals surface area (Å²) >= 11 is 0. The van der Waals surface area contributed by atoms with E-state index >= 15 is 0 Å². The van der Waals surface area contributed by atoms with Crippen LogP contribution in [-0.4, -0.2) is 51.6 Å². The van der Waals surface area contributed by atoms with Gasteiger partial charge in [0.2, 0.25) is 15.9 Å². The maximum absolute atomic E-state index is 11.9. The zero-order chi connectivity index (χ0) is 18.4. The Bertz CT molecular complexity index is 634. The number of carbonyl (C=O) groups excluding carboxylic acids is 1. The van der Waals surface area contributed by atoms with E-state index in [1.807, 2.05) is 45.0 Å².